The highest BCUT2D eigenvalue weighted by atomic mass is 35.5. The molecule has 31 heavy (non-hydrogen) atoms. The zero-order valence-corrected chi connectivity index (χ0v) is 18.1. The van der Waals surface area contributed by atoms with E-state index >= 15 is 0 Å². The Labute approximate surface area is 182 Å². The van der Waals surface area contributed by atoms with Crippen LogP contribution in [0.3, 0.4) is 0 Å². The van der Waals surface area contributed by atoms with Gasteiger partial charge in [-0.25, -0.2) is 17.8 Å². The van der Waals surface area contributed by atoms with E-state index in [9.17, 15) is 17.6 Å². The topological polar surface area (TPSA) is 114 Å². The molecule has 0 amide bonds. The van der Waals surface area contributed by atoms with Crippen LogP contribution in [0.1, 0.15) is 18.4 Å². The van der Waals surface area contributed by atoms with E-state index in [1.165, 1.54) is 0 Å². The van der Waals surface area contributed by atoms with Crippen molar-refractivity contribution in [2.24, 2.45) is 5.92 Å². The molecule has 2 heterocycles. The summed E-state index contributed by atoms with van der Waals surface area (Å²) >= 11 is 5.86. The predicted molar refractivity (Wildman–Crippen MR) is 114 cm³/mol. The van der Waals surface area contributed by atoms with Crippen LogP contribution in [0.25, 0.3) is 10.9 Å². The molecule has 0 saturated heterocycles. The first-order valence-corrected chi connectivity index (χ1v) is 11.9. The van der Waals surface area contributed by atoms with Crippen LogP contribution >= 0.6 is 11.6 Å². The lowest BCUT2D eigenvalue weighted by Crippen LogP contribution is -2.36. The SMILES string of the molecule is CS(=O)(=O)c1nc2c(F)c(Cl)nc(OC[C@@H](NCc3ccccc3)C3CC3)c2c(=O)[nH]1. The molecule has 1 fully saturated rings. The summed E-state index contributed by atoms with van der Waals surface area (Å²) in [6, 6.07) is 9.87. The molecule has 1 aromatic carbocycles. The molecular formula is C20H20ClFN4O4S. The molecule has 1 saturated carbocycles. The second-order valence-electron chi connectivity index (χ2n) is 7.51. The summed E-state index contributed by atoms with van der Waals surface area (Å²) in [4.78, 5) is 22.3. The highest BCUT2D eigenvalue weighted by Gasteiger charge is 2.32. The van der Waals surface area contributed by atoms with Crippen LogP contribution in [0.4, 0.5) is 4.39 Å². The first kappa shape index (κ1) is 21.7. The zero-order chi connectivity index (χ0) is 22.2. The van der Waals surface area contributed by atoms with Gasteiger partial charge in [0.15, 0.2) is 11.0 Å². The standard InChI is InChI=1S/C20H20ClFN4O4S/c1-31(28,29)20-24-16-14(18(27)26-20)19(25-17(21)15(16)22)30-10-13(12-7-8-12)23-9-11-5-3-2-4-6-11/h2-6,12-13,23H,7-10H2,1H3,(H,24,26,27)/t13-/m1/s1. The number of nitrogens with zero attached hydrogens (tertiary/aromatic N) is 2. The number of nitrogens with one attached hydrogen (secondary N) is 2. The number of H-pyrrole nitrogens is 1. The van der Waals surface area contributed by atoms with Crippen molar-refractivity contribution in [3.05, 3.63) is 57.2 Å². The Morgan fingerprint density at radius 1 is 1.29 bits per heavy atom. The van der Waals surface area contributed by atoms with Crippen LogP contribution < -0.4 is 15.6 Å². The molecule has 2 aromatic heterocycles. The summed E-state index contributed by atoms with van der Waals surface area (Å²) in [5.41, 5.74) is -0.251. The fraction of sp³-hybridized carbons (Fsp3) is 0.350. The number of sulfone groups is 1. The average Bonchev–Trinajstić information content (AvgIpc) is 3.56. The van der Waals surface area contributed by atoms with Crippen molar-refractivity contribution in [1.29, 1.82) is 0 Å². The van der Waals surface area contributed by atoms with Gasteiger partial charge in [-0.3, -0.25) is 9.78 Å². The third-order valence-corrected chi connectivity index (χ3v) is 6.20. The van der Waals surface area contributed by atoms with Crippen molar-refractivity contribution in [3.8, 4) is 5.88 Å². The smallest absolute Gasteiger partial charge is 0.265 e. The third kappa shape index (κ3) is 4.86. The number of pyridine rings is 1. The maximum Gasteiger partial charge on any atom is 0.265 e. The van der Waals surface area contributed by atoms with Gasteiger partial charge in [-0.15, -0.1) is 0 Å². The number of hydrogen-bond acceptors (Lipinski definition) is 7. The maximum atomic E-state index is 14.5. The van der Waals surface area contributed by atoms with Crippen LogP contribution in [0.5, 0.6) is 5.88 Å². The highest BCUT2D eigenvalue weighted by Crippen LogP contribution is 2.34. The van der Waals surface area contributed by atoms with Gasteiger partial charge < -0.3 is 10.1 Å². The Kier molecular flexibility index (Phi) is 5.96. The first-order chi connectivity index (χ1) is 14.7. The number of fused-ring (bicyclic) bond motifs is 1. The molecule has 0 aliphatic heterocycles. The van der Waals surface area contributed by atoms with E-state index in [2.05, 4.69) is 20.3 Å². The first-order valence-electron chi connectivity index (χ1n) is 9.63. The fourth-order valence-electron chi connectivity index (χ4n) is 3.26. The van der Waals surface area contributed by atoms with Gasteiger partial charge in [0, 0.05) is 18.8 Å². The Bertz CT molecular complexity index is 1280. The normalized spacial score (nSPS) is 15.2. The average molecular weight is 467 g/mol. The lowest BCUT2D eigenvalue weighted by atomic mass is 10.1. The monoisotopic (exact) mass is 466 g/mol. The molecule has 4 rings (SSSR count). The van der Waals surface area contributed by atoms with Crippen LogP contribution in [-0.4, -0.2) is 42.3 Å². The molecular weight excluding hydrogens is 447 g/mol. The van der Waals surface area contributed by atoms with E-state index in [0.717, 1.165) is 24.7 Å². The Morgan fingerprint density at radius 3 is 2.65 bits per heavy atom. The molecule has 3 aromatic rings. The van der Waals surface area contributed by atoms with E-state index in [0.29, 0.717) is 12.5 Å². The quantitative estimate of drug-likeness (QED) is 0.387. The summed E-state index contributed by atoms with van der Waals surface area (Å²) in [7, 11) is -3.87. The van der Waals surface area contributed by atoms with E-state index in [4.69, 9.17) is 16.3 Å². The molecule has 1 aliphatic carbocycles. The molecule has 0 bridgehead atoms. The molecule has 11 heteroatoms. The van der Waals surface area contributed by atoms with Gasteiger partial charge in [-0.2, -0.15) is 4.98 Å². The number of benzene rings is 1. The number of aromatic nitrogens is 3. The maximum absolute atomic E-state index is 14.5. The Balaban J connectivity index is 1.61. The lowest BCUT2D eigenvalue weighted by Gasteiger charge is -2.19. The fourth-order valence-corrected chi connectivity index (χ4v) is 3.96. The Hall–Kier alpha value is -2.56. The number of rotatable bonds is 8. The molecule has 0 unspecified atom stereocenters. The predicted octanol–water partition coefficient (Wildman–Crippen LogP) is 2.46. The lowest BCUT2D eigenvalue weighted by molar-refractivity contribution is 0.242. The minimum absolute atomic E-state index is 0.0109. The molecule has 8 nitrogen and oxygen atoms in total. The van der Waals surface area contributed by atoms with Gasteiger partial charge in [0.2, 0.25) is 20.9 Å². The summed E-state index contributed by atoms with van der Waals surface area (Å²) in [6.07, 6.45) is 2.95. The van der Waals surface area contributed by atoms with E-state index < -0.39 is 37.0 Å². The second kappa shape index (κ2) is 8.52. The summed E-state index contributed by atoms with van der Waals surface area (Å²) in [5, 5.41) is 1.95. The molecule has 0 spiro atoms. The largest absolute Gasteiger partial charge is 0.475 e. The minimum Gasteiger partial charge on any atom is -0.475 e. The van der Waals surface area contributed by atoms with Gasteiger partial charge >= 0.3 is 0 Å². The van der Waals surface area contributed by atoms with Crippen molar-refractivity contribution < 1.29 is 17.5 Å². The van der Waals surface area contributed by atoms with Crippen molar-refractivity contribution in [3.63, 3.8) is 0 Å². The van der Waals surface area contributed by atoms with E-state index in [-0.39, 0.29) is 23.9 Å². The van der Waals surface area contributed by atoms with Gasteiger partial charge in [0.1, 0.15) is 17.5 Å². The number of hydrogen-bond donors (Lipinski definition) is 2. The molecule has 1 aliphatic rings. The van der Waals surface area contributed by atoms with E-state index in [1.807, 2.05) is 30.3 Å². The van der Waals surface area contributed by atoms with Crippen LogP contribution in [0.2, 0.25) is 5.15 Å². The molecule has 0 radical (unpaired) electrons. The third-order valence-electron chi connectivity index (χ3n) is 5.05. The van der Waals surface area contributed by atoms with Gasteiger partial charge in [-0.1, -0.05) is 41.9 Å². The summed E-state index contributed by atoms with van der Waals surface area (Å²) < 4.78 is 43.8. The van der Waals surface area contributed by atoms with Crippen molar-refractivity contribution >= 4 is 32.3 Å². The second-order valence-corrected chi connectivity index (χ2v) is 9.80. The highest BCUT2D eigenvalue weighted by molar-refractivity contribution is 7.90. The minimum atomic E-state index is -3.87. The van der Waals surface area contributed by atoms with Gasteiger partial charge in [0.25, 0.3) is 5.56 Å². The van der Waals surface area contributed by atoms with Crippen LogP contribution in [-0.2, 0) is 16.4 Å². The number of halogens is 2. The summed E-state index contributed by atoms with van der Waals surface area (Å²) in [6.45, 7) is 0.818. The van der Waals surface area contributed by atoms with Crippen molar-refractivity contribution in [1.82, 2.24) is 20.3 Å². The van der Waals surface area contributed by atoms with Crippen LogP contribution in [0, 0.1) is 11.7 Å². The Morgan fingerprint density at radius 2 is 2.00 bits per heavy atom. The molecule has 1 atom stereocenters. The number of ether oxygens (including phenoxy) is 1. The zero-order valence-electron chi connectivity index (χ0n) is 16.6. The van der Waals surface area contributed by atoms with Gasteiger partial charge in [-0.05, 0) is 24.3 Å². The van der Waals surface area contributed by atoms with Gasteiger partial charge in [0.05, 0.1) is 0 Å². The van der Waals surface area contributed by atoms with Crippen molar-refractivity contribution in [2.45, 2.75) is 30.6 Å². The molecule has 164 valence electrons. The van der Waals surface area contributed by atoms with E-state index in [1.54, 1.807) is 0 Å². The van der Waals surface area contributed by atoms with Crippen molar-refractivity contribution in [2.75, 3.05) is 12.9 Å². The van der Waals surface area contributed by atoms with Crippen LogP contribution in [0.15, 0.2) is 40.3 Å². The summed E-state index contributed by atoms with van der Waals surface area (Å²) in [5.74, 6) is -0.859. The molecule has 2 N–H and O–H groups in total. The number of aromatic amines is 1.